The molecule has 0 saturated heterocycles. The van der Waals surface area contributed by atoms with Crippen LogP contribution in [0.2, 0.25) is 0 Å². The second kappa shape index (κ2) is 8.66. The van der Waals surface area contributed by atoms with Gasteiger partial charge in [0.05, 0.1) is 11.8 Å². The second-order valence-electron chi connectivity index (χ2n) is 6.71. The molecular weight excluding hydrogens is 424 g/mol. The van der Waals surface area contributed by atoms with Gasteiger partial charge in [0, 0.05) is 23.1 Å². The van der Waals surface area contributed by atoms with E-state index in [4.69, 9.17) is 5.73 Å². The van der Waals surface area contributed by atoms with E-state index >= 15 is 0 Å². The normalized spacial score (nSPS) is 16.9. The lowest BCUT2D eigenvalue weighted by atomic mass is 9.94. The fourth-order valence-electron chi connectivity index (χ4n) is 3.01. The van der Waals surface area contributed by atoms with Gasteiger partial charge in [-0.25, -0.2) is 9.98 Å². The van der Waals surface area contributed by atoms with Crippen LogP contribution in [0.15, 0.2) is 22.7 Å². The third-order valence-corrected chi connectivity index (χ3v) is 4.81. The number of benzene rings is 1. The lowest BCUT2D eigenvalue weighted by Crippen LogP contribution is -2.69. The van der Waals surface area contributed by atoms with Gasteiger partial charge in [-0.15, -0.1) is 0 Å². The fraction of sp³-hybridized carbons (Fsp3) is 0.368. The number of nitrogen functional groups attached to an aromatic ring is 1. The molecule has 0 spiro atoms. The molecule has 2 heterocycles. The number of rotatable bonds is 7. The Morgan fingerprint density at radius 3 is 2.96 bits per heavy atom. The number of aromatic nitrogens is 2. The molecule has 2 aromatic rings. The van der Waals surface area contributed by atoms with E-state index in [1.54, 1.807) is 13.1 Å². The summed E-state index contributed by atoms with van der Waals surface area (Å²) >= 11 is 3.47. The molecule has 2 atom stereocenters. The molecule has 0 radical (unpaired) electrons. The van der Waals surface area contributed by atoms with E-state index in [9.17, 15) is 9.90 Å². The van der Waals surface area contributed by atoms with Crippen LogP contribution in [0, 0.1) is 0 Å². The minimum atomic E-state index is -0.612. The third kappa shape index (κ3) is 4.31. The number of carbonyl (C=O) groups excluding carboxylic acids is 1. The van der Waals surface area contributed by atoms with Crippen molar-refractivity contribution >= 4 is 45.5 Å². The average Bonchev–Trinajstić information content (AvgIpc) is 2.96. The predicted octanol–water partition coefficient (Wildman–Crippen LogP) is 0.608. The molecule has 3 rings (SSSR count). The first-order valence-corrected chi connectivity index (χ1v) is 9.96. The van der Waals surface area contributed by atoms with Crippen LogP contribution >= 0.6 is 15.9 Å². The first-order valence-electron chi connectivity index (χ1n) is 9.17. The predicted molar refractivity (Wildman–Crippen MR) is 113 cm³/mol. The molecule has 1 aromatic heterocycles. The number of hydrogen-bond acceptors (Lipinski definition) is 6. The minimum absolute atomic E-state index is 0.169. The van der Waals surface area contributed by atoms with Gasteiger partial charge in [-0.3, -0.25) is 4.79 Å². The Kier molecular flexibility index (Phi) is 6.25. The number of nitrogens with two attached hydrogens (primary N) is 1. The molecule has 1 unspecified atom stereocenters. The molecule has 1 aliphatic heterocycles. The van der Waals surface area contributed by atoms with Gasteiger partial charge in [0.1, 0.15) is 23.8 Å². The van der Waals surface area contributed by atoms with Crippen LogP contribution in [0.5, 0.6) is 0 Å². The van der Waals surface area contributed by atoms with E-state index < -0.39 is 12.0 Å². The first kappa shape index (κ1) is 20.2. The van der Waals surface area contributed by atoms with Crippen LogP contribution in [0.3, 0.4) is 0 Å². The number of anilines is 3. The highest BCUT2D eigenvalue weighted by Gasteiger charge is 2.36. The molecular formula is C19H24BrN6O2+. The molecule has 0 fully saturated rings. The maximum atomic E-state index is 12.8. The lowest BCUT2D eigenvalue weighted by molar-refractivity contribution is -0.451. The molecule has 8 nitrogen and oxygen atoms in total. The van der Waals surface area contributed by atoms with Crippen molar-refractivity contribution in [2.75, 3.05) is 29.5 Å². The van der Waals surface area contributed by atoms with E-state index in [-0.39, 0.29) is 24.2 Å². The average molecular weight is 448 g/mol. The Hall–Kier alpha value is -2.52. The monoisotopic (exact) mass is 447 g/mol. The molecule has 1 aliphatic rings. The van der Waals surface area contributed by atoms with Crippen LogP contribution in [-0.2, 0) is 4.79 Å². The summed E-state index contributed by atoms with van der Waals surface area (Å²) in [6.07, 6.45) is 2.13. The molecule has 1 aromatic carbocycles. The van der Waals surface area contributed by atoms with Crippen LogP contribution in [-0.4, -0.2) is 46.4 Å². The molecule has 0 saturated carbocycles. The van der Waals surface area contributed by atoms with E-state index in [2.05, 4.69) is 48.4 Å². The van der Waals surface area contributed by atoms with Crippen molar-refractivity contribution in [3.05, 3.63) is 39.5 Å². The Morgan fingerprint density at radius 1 is 1.46 bits per heavy atom. The van der Waals surface area contributed by atoms with Crippen molar-refractivity contribution < 1.29 is 14.9 Å². The number of aliphatic hydroxyl groups excluding tert-OH is 1. The molecule has 6 N–H and O–H groups in total. The number of fused-ring (bicyclic) bond motifs is 1. The van der Waals surface area contributed by atoms with Crippen molar-refractivity contribution in [3.63, 3.8) is 0 Å². The highest BCUT2D eigenvalue weighted by atomic mass is 79.9. The number of halogens is 1. The standard InChI is InChI=1S/C19H23BrN6O2/c1-3-6-22-9-13-16(25-19(26-17(13)21)23-8-10(2)27)15-12-7-11(20)4-5-14(12)24-18(15)28/h4-5,7,9-10,15,27H,3,6,8H2,1-2H3,(H,24,28)(H3,21,23,25,26)/p+1/t10-,15?/m0/s1. The van der Waals surface area contributed by atoms with Gasteiger partial charge >= 0.3 is 0 Å². The minimum Gasteiger partial charge on any atom is -0.392 e. The van der Waals surface area contributed by atoms with Gasteiger partial charge in [-0.2, -0.15) is 4.98 Å². The topological polar surface area (TPSA) is 127 Å². The maximum Gasteiger partial charge on any atom is 0.238 e. The van der Waals surface area contributed by atoms with E-state index in [0.717, 1.165) is 28.7 Å². The number of amides is 1. The zero-order chi connectivity index (χ0) is 20.3. The summed E-state index contributed by atoms with van der Waals surface area (Å²) in [5.41, 5.74) is 8.88. The smallest absolute Gasteiger partial charge is 0.238 e. The Labute approximate surface area is 171 Å². The number of hydrogen-bond donors (Lipinski definition) is 5. The first-order chi connectivity index (χ1) is 13.4. The van der Waals surface area contributed by atoms with Gasteiger partial charge in [-0.05, 0) is 30.7 Å². The van der Waals surface area contributed by atoms with Crippen molar-refractivity contribution in [1.82, 2.24) is 9.97 Å². The third-order valence-electron chi connectivity index (χ3n) is 4.32. The fourth-order valence-corrected chi connectivity index (χ4v) is 3.39. The number of aliphatic hydroxyl groups is 1. The molecule has 28 heavy (non-hydrogen) atoms. The Bertz CT molecular complexity index is 916. The Balaban J connectivity index is 2.11. The van der Waals surface area contributed by atoms with Gasteiger partial charge in [0.25, 0.3) is 0 Å². The zero-order valence-corrected chi connectivity index (χ0v) is 17.4. The van der Waals surface area contributed by atoms with Crippen LogP contribution in [0.1, 0.15) is 43.0 Å². The van der Waals surface area contributed by atoms with Crippen LogP contribution in [0.4, 0.5) is 17.5 Å². The van der Waals surface area contributed by atoms with Crippen molar-refractivity contribution in [2.24, 2.45) is 0 Å². The number of nitrogens with one attached hydrogen (secondary N) is 3. The van der Waals surface area contributed by atoms with Crippen LogP contribution < -0.4 is 21.4 Å². The molecule has 148 valence electrons. The van der Waals surface area contributed by atoms with E-state index in [1.807, 2.05) is 18.2 Å². The summed E-state index contributed by atoms with van der Waals surface area (Å²) in [6, 6.07) is 5.64. The number of carbonyl (C=O) groups is 1. The number of nitrogens with zero attached hydrogens (tertiary/aromatic N) is 2. The summed E-state index contributed by atoms with van der Waals surface area (Å²) in [6.45, 7) is 4.75. The van der Waals surface area contributed by atoms with Crippen molar-refractivity contribution in [3.8, 4) is 0 Å². The molecule has 1 amide bonds. The maximum absolute atomic E-state index is 12.8. The van der Waals surface area contributed by atoms with Gasteiger partial charge in [0.15, 0.2) is 6.21 Å². The van der Waals surface area contributed by atoms with Gasteiger partial charge in [-0.1, -0.05) is 22.9 Å². The van der Waals surface area contributed by atoms with Crippen molar-refractivity contribution in [1.29, 1.82) is 0 Å². The van der Waals surface area contributed by atoms with E-state index in [1.165, 1.54) is 0 Å². The van der Waals surface area contributed by atoms with Crippen LogP contribution in [0.25, 0.3) is 0 Å². The van der Waals surface area contributed by atoms with Gasteiger partial charge in [0.2, 0.25) is 11.9 Å². The quantitative estimate of drug-likeness (QED) is 0.395. The highest BCUT2D eigenvalue weighted by Crippen LogP contribution is 2.39. The SMILES string of the molecule is CCC[NH+]=Cc1c(N)nc(NC[C@H](C)O)nc1C1C(=O)Nc2ccc(Br)cc21. The van der Waals surface area contributed by atoms with Gasteiger partial charge < -0.3 is 21.5 Å². The summed E-state index contributed by atoms with van der Waals surface area (Å²) in [5, 5.41) is 15.4. The largest absolute Gasteiger partial charge is 0.392 e. The summed E-state index contributed by atoms with van der Waals surface area (Å²) in [4.78, 5) is 24.9. The molecule has 0 aliphatic carbocycles. The zero-order valence-electron chi connectivity index (χ0n) is 15.8. The lowest BCUT2D eigenvalue weighted by Gasteiger charge is -2.15. The molecule has 0 bridgehead atoms. The second-order valence-corrected chi connectivity index (χ2v) is 7.63. The highest BCUT2D eigenvalue weighted by molar-refractivity contribution is 9.10. The molecule has 9 heteroatoms. The Morgan fingerprint density at radius 2 is 2.25 bits per heavy atom. The van der Waals surface area contributed by atoms with E-state index in [0.29, 0.717) is 11.3 Å². The van der Waals surface area contributed by atoms with Crippen molar-refractivity contribution in [2.45, 2.75) is 32.3 Å². The summed E-state index contributed by atoms with van der Waals surface area (Å²) in [5.74, 6) is -0.243. The summed E-state index contributed by atoms with van der Waals surface area (Å²) < 4.78 is 0.872. The summed E-state index contributed by atoms with van der Waals surface area (Å²) in [7, 11) is 0.